The Hall–Kier alpha value is -0.120. The molecule has 0 bridgehead atoms. The van der Waals surface area contributed by atoms with E-state index in [0.717, 1.165) is 25.8 Å². The molecule has 13 heavy (non-hydrogen) atoms. The molecule has 1 unspecified atom stereocenters. The van der Waals surface area contributed by atoms with Crippen molar-refractivity contribution in [2.24, 2.45) is 5.73 Å². The zero-order chi connectivity index (χ0) is 10.5. The van der Waals surface area contributed by atoms with E-state index in [1.165, 1.54) is 0 Å². The number of nitrogens with zero attached hydrogens (tertiary/aromatic N) is 2. The Balaban J connectivity index is 3.84. The maximum absolute atomic E-state index is 6.23. The van der Waals surface area contributed by atoms with Crippen LogP contribution in [-0.2, 0) is 0 Å². The molecular weight excluding hydrogens is 162 g/mol. The first-order valence-electron chi connectivity index (χ1n) is 5.03. The molecule has 0 rings (SSSR count). The summed E-state index contributed by atoms with van der Waals surface area (Å²) in [5.41, 5.74) is 6.12. The van der Waals surface area contributed by atoms with Gasteiger partial charge in [0.2, 0.25) is 0 Å². The van der Waals surface area contributed by atoms with Crippen LogP contribution in [0.1, 0.15) is 26.2 Å². The largest absolute Gasteiger partial charge is 0.313 e. The second-order valence-corrected chi connectivity index (χ2v) is 4.26. The van der Waals surface area contributed by atoms with E-state index in [-0.39, 0.29) is 5.66 Å². The van der Waals surface area contributed by atoms with Gasteiger partial charge in [0, 0.05) is 0 Å². The Morgan fingerprint density at radius 1 is 1.15 bits per heavy atom. The van der Waals surface area contributed by atoms with Gasteiger partial charge in [-0.2, -0.15) is 0 Å². The predicted molar refractivity (Wildman–Crippen MR) is 58.7 cm³/mol. The van der Waals surface area contributed by atoms with Gasteiger partial charge in [0.1, 0.15) is 0 Å². The van der Waals surface area contributed by atoms with E-state index in [9.17, 15) is 0 Å². The Labute approximate surface area is 82.9 Å². The van der Waals surface area contributed by atoms with Crippen LogP contribution in [0.4, 0.5) is 0 Å². The van der Waals surface area contributed by atoms with Gasteiger partial charge in [-0.3, -0.25) is 4.90 Å². The highest BCUT2D eigenvalue weighted by molar-refractivity contribution is 4.79. The maximum Gasteiger partial charge on any atom is 0.0680 e. The highest BCUT2D eigenvalue weighted by Crippen LogP contribution is 2.16. The molecule has 0 fully saturated rings. The molecule has 0 aromatic heterocycles. The summed E-state index contributed by atoms with van der Waals surface area (Å²) >= 11 is 0. The normalized spacial score (nSPS) is 16.6. The lowest BCUT2D eigenvalue weighted by Gasteiger charge is -2.35. The Kier molecular flexibility index (Phi) is 5.53. The smallest absolute Gasteiger partial charge is 0.0680 e. The monoisotopic (exact) mass is 187 g/mol. The van der Waals surface area contributed by atoms with Gasteiger partial charge < -0.3 is 10.6 Å². The molecule has 0 heterocycles. The van der Waals surface area contributed by atoms with Gasteiger partial charge in [0.05, 0.1) is 5.66 Å². The van der Waals surface area contributed by atoms with E-state index in [0.29, 0.717) is 0 Å². The van der Waals surface area contributed by atoms with Gasteiger partial charge in [-0.05, 0) is 54.0 Å². The molecule has 0 aliphatic rings. The molecule has 0 amide bonds. The van der Waals surface area contributed by atoms with Crippen LogP contribution in [0.2, 0.25) is 0 Å². The Morgan fingerprint density at radius 3 is 2.00 bits per heavy atom. The molecule has 0 aromatic carbocycles. The third-order valence-corrected chi connectivity index (χ3v) is 2.72. The fraction of sp³-hybridized carbons (Fsp3) is 1.00. The molecular formula is C10H25N3. The Morgan fingerprint density at radius 2 is 1.69 bits per heavy atom. The summed E-state index contributed by atoms with van der Waals surface area (Å²) in [7, 11) is 8.30. The van der Waals surface area contributed by atoms with Crippen molar-refractivity contribution in [3.8, 4) is 0 Å². The van der Waals surface area contributed by atoms with E-state index in [4.69, 9.17) is 5.73 Å². The first kappa shape index (κ1) is 12.9. The topological polar surface area (TPSA) is 32.5 Å². The minimum Gasteiger partial charge on any atom is -0.313 e. The second kappa shape index (κ2) is 5.58. The highest BCUT2D eigenvalue weighted by Gasteiger charge is 2.24. The molecule has 0 aliphatic carbocycles. The van der Waals surface area contributed by atoms with Gasteiger partial charge in [-0.25, -0.2) is 0 Å². The maximum atomic E-state index is 6.23. The molecule has 0 aliphatic heterocycles. The number of rotatable bonds is 6. The first-order chi connectivity index (χ1) is 5.92. The summed E-state index contributed by atoms with van der Waals surface area (Å²) in [6.45, 7) is 3.27. The van der Waals surface area contributed by atoms with Crippen molar-refractivity contribution in [3.05, 3.63) is 0 Å². The van der Waals surface area contributed by atoms with Gasteiger partial charge in [0.25, 0.3) is 0 Å². The predicted octanol–water partition coefficient (Wildman–Crippen LogP) is 0.955. The standard InChI is InChI=1S/C10H25N3/c1-6-10(11,13(4)5)8-7-9-12(2)3/h6-9,11H2,1-5H3. The summed E-state index contributed by atoms with van der Waals surface area (Å²) in [5.74, 6) is 0. The average molecular weight is 187 g/mol. The lowest BCUT2D eigenvalue weighted by atomic mass is 10.0. The van der Waals surface area contributed by atoms with Crippen LogP contribution in [0.5, 0.6) is 0 Å². The highest BCUT2D eigenvalue weighted by atomic mass is 15.2. The summed E-state index contributed by atoms with van der Waals surface area (Å²) in [5, 5.41) is 0. The summed E-state index contributed by atoms with van der Waals surface area (Å²) < 4.78 is 0. The molecule has 0 aromatic rings. The molecule has 0 saturated carbocycles. The third-order valence-electron chi connectivity index (χ3n) is 2.72. The van der Waals surface area contributed by atoms with Crippen molar-refractivity contribution in [2.45, 2.75) is 31.8 Å². The minimum absolute atomic E-state index is 0.115. The van der Waals surface area contributed by atoms with E-state index in [1.807, 2.05) is 0 Å². The first-order valence-corrected chi connectivity index (χ1v) is 5.03. The van der Waals surface area contributed by atoms with E-state index >= 15 is 0 Å². The lowest BCUT2D eigenvalue weighted by Crippen LogP contribution is -2.52. The van der Waals surface area contributed by atoms with Crippen LogP contribution in [0.3, 0.4) is 0 Å². The molecule has 1 atom stereocenters. The third kappa shape index (κ3) is 4.60. The van der Waals surface area contributed by atoms with Gasteiger partial charge >= 0.3 is 0 Å². The van der Waals surface area contributed by atoms with E-state index < -0.39 is 0 Å². The van der Waals surface area contributed by atoms with Crippen LogP contribution in [0.25, 0.3) is 0 Å². The van der Waals surface area contributed by atoms with Crippen LogP contribution in [0.15, 0.2) is 0 Å². The summed E-state index contributed by atoms with van der Waals surface area (Å²) in [6.07, 6.45) is 3.23. The molecule has 0 radical (unpaired) electrons. The van der Waals surface area contributed by atoms with Gasteiger partial charge in [0.15, 0.2) is 0 Å². The molecule has 80 valence electrons. The zero-order valence-electron chi connectivity index (χ0n) is 9.80. The average Bonchev–Trinajstić information content (AvgIpc) is 2.03. The minimum atomic E-state index is -0.115. The van der Waals surface area contributed by atoms with Gasteiger partial charge in [-0.1, -0.05) is 6.92 Å². The van der Waals surface area contributed by atoms with Gasteiger partial charge in [-0.15, -0.1) is 0 Å². The van der Waals surface area contributed by atoms with E-state index in [2.05, 4.69) is 44.9 Å². The van der Waals surface area contributed by atoms with Crippen molar-refractivity contribution in [1.29, 1.82) is 0 Å². The number of hydrogen-bond acceptors (Lipinski definition) is 3. The molecule has 0 spiro atoms. The van der Waals surface area contributed by atoms with Crippen molar-refractivity contribution in [1.82, 2.24) is 9.80 Å². The Bertz CT molecular complexity index is 134. The van der Waals surface area contributed by atoms with Crippen LogP contribution >= 0.6 is 0 Å². The van der Waals surface area contributed by atoms with Crippen molar-refractivity contribution >= 4 is 0 Å². The van der Waals surface area contributed by atoms with Crippen molar-refractivity contribution < 1.29 is 0 Å². The molecule has 2 N–H and O–H groups in total. The van der Waals surface area contributed by atoms with Crippen molar-refractivity contribution in [2.75, 3.05) is 34.7 Å². The molecule has 0 saturated heterocycles. The van der Waals surface area contributed by atoms with E-state index in [1.54, 1.807) is 0 Å². The molecule has 3 nitrogen and oxygen atoms in total. The number of hydrogen-bond donors (Lipinski definition) is 1. The summed E-state index contributed by atoms with van der Waals surface area (Å²) in [4.78, 5) is 4.33. The van der Waals surface area contributed by atoms with Crippen LogP contribution in [0, 0.1) is 0 Å². The number of nitrogens with two attached hydrogens (primary N) is 1. The lowest BCUT2D eigenvalue weighted by molar-refractivity contribution is 0.133. The zero-order valence-corrected chi connectivity index (χ0v) is 9.80. The summed E-state index contributed by atoms with van der Waals surface area (Å²) in [6, 6.07) is 0. The van der Waals surface area contributed by atoms with Crippen molar-refractivity contribution in [3.63, 3.8) is 0 Å². The second-order valence-electron chi connectivity index (χ2n) is 4.26. The quantitative estimate of drug-likeness (QED) is 0.629. The SMILES string of the molecule is CCC(N)(CCCN(C)C)N(C)C. The molecule has 3 heteroatoms. The fourth-order valence-corrected chi connectivity index (χ4v) is 1.42. The van der Waals surface area contributed by atoms with Crippen LogP contribution < -0.4 is 5.73 Å². The fourth-order valence-electron chi connectivity index (χ4n) is 1.42. The van der Waals surface area contributed by atoms with Crippen LogP contribution in [-0.4, -0.2) is 50.2 Å².